The summed E-state index contributed by atoms with van der Waals surface area (Å²) < 4.78 is 22.7. The van der Waals surface area contributed by atoms with Crippen LogP contribution in [0.1, 0.15) is 73.1 Å². The van der Waals surface area contributed by atoms with Crippen molar-refractivity contribution >= 4 is 12.1 Å². The quantitative estimate of drug-likeness (QED) is 0.460. The molecule has 1 unspecified atom stereocenters. The minimum Gasteiger partial charge on any atom is -0.444 e. The topological polar surface area (TPSA) is 98.4 Å². The van der Waals surface area contributed by atoms with Crippen LogP contribution in [0.5, 0.6) is 0 Å². The van der Waals surface area contributed by atoms with Crippen molar-refractivity contribution in [1.29, 1.82) is 0 Å². The molecule has 1 saturated carbocycles. The number of hydrogen-bond acceptors (Lipinski definition) is 6. The average molecular weight is 458 g/mol. The number of rotatable bonds is 11. The summed E-state index contributed by atoms with van der Waals surface area (Å²) in [5.74, 6) is 0.474. The first kappa shape index (κ1) is 26.7. The molecule has 0 aromatic carbocycles. The van der Waals surface area contributed by atoms with Crippen molar-refractivity contribution in [3.8, 4) is 0 Å². The predicted octanol–water partition coefficient (Wildman–Crippen LogP) is 3.62. The van der Waals surface area contributed by atoms with Crippen LogP contribution in [0, 0.1) is 5.92 Å². The molecule has 4 atom stereocenters. The maximum atomic E-state index is 12.7. The highest BCUT2D eigenvalue weighted by Crippen LogP contribution is 2.30. The number of amides is 3. The normalized spacial score (nSPS) is 22.9. The third-order valence-corrected chi connectivity index (χ3v) is 5.97. The third kappa shape index (κ3) is 8.41. The van der Waals surface area contributed by atoms with Crippen molar-refractivity contribution in [2.45, 2.75) is 103 Å². The Morgan fingerprint density at radius 2 is 1.91 bits per heavy atom. The number of hydrogen-bond donors (Lipinski definition) is 2. The van der Waals surface area contributed by atoms with Gasteiger partial charge in [0.05, 0.1) is 12.1 Å². The monoisotopic (exact) mass is 457 g/mol. The van der Waals surface area contributed by atoms with Gasteiger partial charge in [-0.25, -0.2) is 9.59 Å². The first-order valence-corrected chi connectivity index (χ1v) is 12.0. The Morgan fingerprint density at radius 3 is 2.44 bits per heavy atom. The number of likely N-dealkylation sites (N-methyl/N-ethyl adjacent to an activating group) is 1. The van der Waals surface area contributed by atoms with Crippen molar-refractivity contribution in [2.24, 2.45) is 5.92 Å². The van der Waals surface area contributed by atoms with E-state index in [1.165, 1.54) is 26.4 Å². The highest BCUT2D eigenvalue weighted by Gasteiger charge is 2.41. The van der Waals surface area contributed by atoms with E-state index in [1.807, 2.05) is 34.6 Å². The zero-order valence-electron chi connectivity index (χ0n) is 20.6. The molecule has 1 aliphatic heterocycles. The molecule has 0 aromatic rings. The molecular formula is C23H43N3O6. The van der Waals surface area contributed by atoms with Gasteiger partial charge in [-0.05, 0) is 47.0 Å². The fourth-order valence-electron chi connectivity index (χ4n) is 4.49. The minimum absolute atomic E-state index is 0.134. The Hall–Kier alpha value is -1.58. The molecule has 1 heterocycles. The van der Waals surface area contributed by atoms with Gasteiger partial charge in [-0.15, -0.1) is 0 Å². The van der Waals surface area contributed by atoms with Crippen LogP contribution in [0.4, 0.5) is 9.59 Å². The predicted molar refractivity (Wildman–Crippen MR) is 121 cm³/mol. The van der Waals surface area contributed by atoms with E-state index in [9.17, 15) is 9.59 Å². The summed E-state index contributed by atoms with van der Waals surface area (Å²) >= 11 is 0. The van der Waals surface area contributed by atoms with Gasteiger partial charge in [0.2, 0.25) is 0 Å². The molecule has 1 saturated heterocycles. The molecule has 9 nitrogen and oxygen atoms in total. The first-order chi connectivity index (χ1) is 15.2. The van der Waals surface area contributed by atoms with Gasteiger partial charge >= 0.3 is 12.1 Å². The number of nitrogens with one attached hydrogen (secondary N) is 2. The van der Waals surface area contributed by atoms with Gasteiger partial charge in [-0.2, -0.15) is 0 Å². The summed E-state index contributed by atoms with van der Waals surface area (Å²) in [6, 6.07) is -0.817. The Bertz CT molecular complexity index is 591. The standard InChI is InChI=1S/C23H43N3O6/c1-7-26-15-18(24-20(26)27)19(31-22(29-6)30-8-2)17(14-16-12-10-9-11-13-16)25-21(28)32-23(3,4)5/h16-19,22H,7-15H2,1-6H3,(H,24,27)(H,25,28)/t17-,18-,19+,22?/m0/s1. The van der Waals surface area contributed by atoms with Gasteiger partial charge in [0.25, 0.3) is 6.48 Å². The fourth-order valence-corrected chi connectivity index (χ4v) is 4.49. The van der Waals surface area contributed by atoms with Crippen LogP contribution in [0.15, 0.2) is 0 Å². The van der Waals surface area contributed by atoms with E-state index in [4.69, 9.17) is 18.9 Å². The second-order valence-corrected chi connectivity index (χ2v) is 9.67. The number of alkyl carbamates (subject to hydrolysis) is 1. The summed E-state index contributed by atoms with van der Waals surface area (Å²) in [5, 5.41) is 6.07. The molecule has 9 heteroatoms. The second-order valence-electron chi connectivity index (χ2n) is 9.67. The highest BCUT2D eigenvalue weighted by molar-refractivity contribution is 5.77. The van der Waals surface area contributed by atoms with Crippen molar-refractivity contribution in [3.63, 3.8) is 0 Å². The van der Waals surface area contributed by atoms with Crippen LogP contribution < -0.4 is 10.6 Å². The van der Waals surface area contributed by atoms with Gasteiger partial charge in [-0.3, -0.25) is 0 Å². The average Bonchev–Trinajstić information content (AvgIpc) is 3.10. The van der Waals surface area contributed by atoms with Crippen LogP contribution in [-0.2, 0) is 18.9 Å². The number of nitrogens with zero attached hydrogens (tertiary/aromatic N) is 1. The molecule has 0 radical (unpaired) electrons. The molecule has 2 aliphatic rings. The fraction of sp³-hybridized carbons (Fsp3) is 0.913. The van der Waals surface area contributed by atoms with Crippen LogP contribution in [-0.4, -0.2) is 74.1 Å². The number of carbonyl (C=O) groups is 2. The summed E-state index contributed by atoms with van der Waals surface area (Å²) in [6.07, 6.45) is 5.59. The zero-order valence-corrected chi connectivity index (χ0v) is 20.6. The first-order valence-electron chi connectivity index (χ1n) is 12.0. The van der Waals surface area contributed by atoms with Gasteiger partial charge in [0, 0.05) is 26.8 Å². The van der Waals surface area contributed by atoms with Gasteiger partial charge in [0.15, 0.2) is 0 Å². The molecule has 2 rings (SSSR count). The highest BCUT2D eigenvalue weighted by atomic mass is 16.8. The number of methoxy groups -OCH3 is 1. The summed E-state index contributed by atoms with van der Waals surface area (Å²) in [6.45, 7) is 9.91. The lowest BCUT2D eigenvalue weighted by atomic mass is 9.83. The van der Waals surface area contributed by atoms with Crippen molar-refractivity contribution in [1.82, 2.24) is 15.5 Å². The zero-order chi connectivity index (χ0) is 23.7. The lowest BCUT2D eigenvalue weighted by Crippen LogP contribution is -2.56. The smallest absolute Gasteiger partial charge is 0.407 e. The number of carbonyl (C=O) groups excluding carboxylic acids is 2. The van der Waals surface area contributed by atoms with Crippen LogP contribution in [0.3, 0.4) is 0 Å². The maximum Gasteiger partial charge on any atom is 0.407 e. The lowest BCUT2D eigenvalue weighted by molar-refractivity contribution is -0.298. The number of ether oxygens (including phenoxy) is 4. The molecule has 186 valence electrons. The maximum absolute atomic E-state index is 12.7. The molecule has 2 fully saturated rings. The summed E-state index contributed by atoms with van der Waals surface area (Å²) in [4.78, 5) is 26.9. The van der Waals surface area contributed by atoms with Crippen molar-refractivity contribution < 1.29 is 28.5 Å². The Morgan fingerprint density at radius 1 is 1.22 bits per heavy atom. The van der Waals surface area contributed by atoms with E-state index in [1.54, 1.807) is 4.90 Å². The molecule has 2 N–H and O–H groups in total. The van der Waals surface area contributed by atoms with Crippen molar-refractivity contribution in [3.05, 3.63) is 0 Å². The second kappa shape index (κ2) is 12.6. The van der Waals surface area contributed by atoms with E-state index in [-0.39, 0.29) is 18.1 Å². The molecule has 3 amide bonds. The molecule has 32 heavy (non-hydrogen) atoms. The van der Waals surface area contributed by atoms with Gasteiger partial charge < -0.3 is 34.5 Å². The SMILES string of the molecule is CCOC(OC)O[C@H]([C@H](CC1CCCCC1)NC(=O)OC(C)(C)C)[C@@H]1CN(CC)C(=O)N1. The summed E-state index contributed by atoms with van der Waals surface area (Å²) in [5.41, 5.74) is -0.614. The largest absolute Gasteiger partial charge is 0.444 e. The molecule has 0 spiro atoms. The Balaban J connectivity index is 2.27. The summed E-state index contributed by atoms with van der Waals surface area (Å²) in [7, 11) is 1.51. The van der Waals surface area contributed by atoms with E-state index < -0.39 is 24.3 Å². The van der Waals surface area contributed by atoms with Crippen molar-refractivity contribution in [2.75, 3.05) is 26.8 Å². The van der Waals surface area contributed by atoms with E-state index in [2.05, 4.69) is 10.6 Å². The van der Waals surface area contributed by atoms with Gasteiger partial charge in [-0.1, -0.05) is 32.1 Å². The van der Waals surface area contributed by atoms with E-state index >= 15 is 0 Å². The molecule has 0 bridgehead atoms. The van der Waals surface area contributed by atoms with Crippen LogP contribution >= 0.6 is 0 Å². The Labute approximate surface area is 192 Å². The molecule has 1 aliphatic carbocycles. The Kier molecular flexibility index (Phi) is 10.5. The lowest BCUT2D eigenvalue weighted by Gasteiger charge is -2.36. The van der Waals surface area contributed by atoms with E-state index in [0.29, 0.717) is 25.6 Å². The molecule has 0 aromatic heterocycles. The van der Waals surface area contributed by atoms with Crippen LogP contribution in [0.25, 0.3) is 0 Å². The third-order valence-electron chi connectivity index (χ3n) is 5.97. The minimum atomic E-state index is -0.896. The number of urea groups is 1. The van der Waals surface area contributed by atoms with Gasteiger partial charge in [0.1, 0.15) is 11.7 Å². The van der Waals surface area contributed by atoms with Crippen LogP contribution in [0.2, 0.25) is 0 Å². The molecular weight excluding hydrogens is 414 g/mol. The van der Waals surface area contributed by atoms with E-state index in [0.717, 1.165) is 19.3 Å².